The average molecular weight is 336 g/mol. The molecule has 1 aromatic carbocycles. The number of hydrogen-bond acceptors (Lipinski definition) is 5. The molecule has 1 unspecified atom stereocenters. The smallest absolute Gasteiger partial charge is 0.328 e. The zero-order chi connectivity index (χ0) is 17.5. The molecule has 1 saturated heterocycles. The number of nitrogens with zero attached hydrogens (tertiary/aromatic N) is 1. The van der Waals surface area contributed by atoms with Gasteiger partial charge in [-0.05, 0) is 18.6 Å². The quantitative estimate of drug-likeness (QED) is 0.712. The van der Waals surface area contributed by atoms with Crippen LogP contribution in [0.2, 0.25) is 0 Å². The van der Waals surface area contributed by atoms with Crippen LogP contribution in [0, 0.1) is 0 Å². The lowest BCUT2D eigenvalue weighted by Gasteiger charge is -2.17. The number of rotatable bonds is 8. The van der Waals surface area contributed by atoms with E-state index < -0.39 is 17.9 Å². The fraction of sp³-hybridized carbons (Fsp3) is 0.438. The lowest BCUT2D eigenvalue weighted by Crippen LogP contribution is -2.45. The standard InChI is InChI=1S/C16H20N2O6/c1-23-9-13(16(21)22)17-14(19)10-24-12-5-2-4-11(8-12)18-7-3-6-15(18)20/h2,4-5,8,13H,3,6-7,9-10H2,1H3,(H,17,19)(H,21,22). The van der Waals surface area contributed by atoms with Crippen LogP contribution in [0.4, 0.5) is 5.69 Å². The van der Waals surface area contributed by atoms with Gasteiger partial charge < -0.3 is 24.8 Å². The minimum absolute atomic E-state index is 0.0637. The Balaban J connectivity index is 1.91. The number of carboxylic acids is 1. The maximum Gasteiger partial charge on any atom is 0.328 e. The summed E-state index contributed by atoms with van der Waals surface area (Å²) in [6.45, 7) is 0.207. The van der Waals surface area contributed by atoms with E-state index in [2.05, 4.69) is 5.32 Å². The zero-order valence-corrected chi connectivity index (χ0v) is 13.4. The highest BCUT2D eigenvalue weighted by molar-refractivity contribution is 5.95. The first-order valence-electron chi connectivity index (χ1n) is 7.55. The van der Waals surface area contributed by atoms with Crippen molar-refractivity contribution in [2.24, 2.45) is 0 Å². The van der Waals surface area contributed by atoms with Crippen molar-refractivity contribution in [3.05, 3.63) is 24.3 Å². The van der Waals surface area contributed by atoms with E-state index in [0.29, 0.717) is 18.7 Å². The van der Waals surface area contributed by atoms with E-state index in [4.69, 9.17) is 14.6 Å². The molecule has 0 radical (unpaired) electrons. The molecule has 0 spiro atoms. The van der Waals surface area contributed by atoms with Crippen molar-refractivity contribution >= 4 is 23.5 Å². The molecule has 1 aliphatic heterocycles. The summed E-state index contributed by atoms with van der Waals surface area (Å²) < 4.78 is 10.1. The monoisotopic (exact) mass is 336 g/mol. The van der Waals surface area contributed by atoms with Gasteiger partial charge in [-0.2, -0.15) is 0 Å². The van der Waals surface area contributed by atoms with E-state index in [1.807, 2.05) is 0 Å². The lowest BCUT2D eigenvalue weighted by molar-refractivity contribution is -0.143. The second-order valence-corrected chi connectivity index (χ2v) is 5.35. The van der Waals surface area contributed by atoms with Crippen molar-refractivity contribution in [2.75, 3.05) is 31.8 Å². The minimum Gasteiger partial charge on any atom is -0.484 e. The third-order valence-electron chi connectivity index (χ3n) is 3.54. The van der Waals surface area contributed by atoms with Crippen LogP contribution in [-0.4, -0.2) is 55.8 Å². The van der Waals surface area contributed by atoms with Crippen LogP contribution < -0.4 is 15.0 Å². The average Bonchev–Trinajstić information content (AvgIpc) is 2.99. The Bertz CT molecular complexity index is 618. The summed E-state index contributed by atoms with van der Waals surface area (Å²) in [6, 6.07) is 5.76. The number of carboxylic acid groups (broad SMARTS) is 1. The summed E-state index contributed by atoms with van der Waals surface area (Å²) in [4.78, 5) is 36.2. The van der Waals surface area contributed by atoms with Gasteiger partial charge in [0.05, 0.1) is 6.61 Å². The molecule has 0 bridgehead atoms. The molecule has 1 aliphatic rings. The molecule has 0 aliphatic carbocycles. The Morgan fingerprint density at radius 1 is 1.42 bits per heavy atom. The molecule has 1 aromatic rings. The Hall–Kier alpha value is -2.61. The van der Waals surface area contributed by atoms with E-state index in [1.54, 1.807) is 29.2 Å². The molecule has 2 N–H and O–H groups in total. The summed E-state index contributed by atoms with van der Waals surface area (Å²) in [5.74, 6) is -1.25. The first kappa shape index (κ1) is 17.7. The topological polar surface area (TPSA) is 105 Å². The van der Waals surface area contributed by atoms with Gasteiger partial charge in [0.15, 0.2) is 12.6 Å². The van der Waals surface area contributed by atoms with Crippen LogP contribution in [-0.2, 0) is 19.1 Å². The van der Waals surface area contributed by atoms with Crippen molar-refractivity contribution in [1.29, 1.82) is 0 Å². The third kappa shape index (κ3) is 4.69. The number of nitrogens with one attached hydrogen (secondary N) is 1. The van der Waals surface area contributed by atoms with Gasteiger partial charge >= 0.3 is 5.97 Å². The number of amides is 2. The Morgan fingerprint density at radius 2 is 2.21 bits per heavy atom. The Kier molecular flexibility index (Phi) is 6.14. The van der Waals surface area contributed by atoms with Crippen molar-refractivity contribution in [2.45, 2.75) is 18.9 Å². The molecule has 1 atom stereocenters. The maximum atomic E-state index is 11.8. The summed E-state index contributed by atoms with van der Waals surface area (Å²) in [5, 5.41) is 11.3. The molecule has 0 aromatic heterocycles. The molecular weight excluding hydrogens is 316 g/mol. The molecule has 8 nitrogen and oxygen atoms in total. The molecule has 1 fully saturated rings. The van der Waals surface area contributed by atoms with Gasteiger partial charge in [0.2, 0.25) is 5.91 Å². The molecule has 2 amide bonds. The van der Waals surface area contributed by atoms with Crippen LogP contribution in [0.3, 0.4) is 0 Å². The minimum atomic E-state index is -1.18. The first-order valence-corrected chi connectivity index (χ1v) is 7.55. The van der Waals surface area contributed by atoms with Crippen LogP contribution >= 0.6 is 0 Å². The number of aliphatic carboxylic acids is 1. The summed E-state index contributed by atoms with van der Waals surface area (Å²) >= 11 is 0. The summed E-state index contributed by atoms with van der Waals surface area (Å²) in [7, 11) is 1.35. The molecular formula is C16H20N2O6. The molecule has 8 heteroatoms. The van der Waals surface area contributed by atoms with Crippen molar-refractivity contribution in [3.63, 3.8) is 0 Å². The molecule has 0 saturated carbocycles. The van der Waals surface area contributed by atoms with Gasteiger partial charge in [-0.25, -0.2) is 4.79 Å². The number of methoxy groups -OCH3 is 1. The number of hydrogen-bond donors (Lipinski definition) is 2. The molecule has 1 heterocycles. The Morgan fingerprint density at radius 3 is 2.83 bits per heavy atom. The second kappa shape index (κ2) is 8.30. The zero-order valence-electron chi connectivity index (χ0n) is 13.4. The number of carbonyl (C=O) groups excluding carboxylic acids is 2. The van der Waals surface area contributed by atoms with E-state index in [1.165, 1.54) is 7.11 Å². The lowest BCUT2D eigenvalue weighted by atomic mass is 10.3. The number of carbonyl (C=O) groups is 3. The molecule has 2 rings (SSSR count). The first-order chi connectivity index (χ1) is 11.5. The van der Waals surface area contributed by atoms with Gasteiger partial charge in [-0.3, -0.25) is 9.59 Å². The molecule has 130 valence electrons. The van der Waals surface area contributed by atoms with Gasteiger partial charge in [-0.1, -0.05) is 6.07 Å². The van der Waals surface area contributed by atoms with Crippen molar-refractivity contribution in [3.8, 4) is 5.75 Å². The van der Waals surface area contributed by atoms with Crippen LogP contribution in [0.25, 0.3) is 0 Å². The number of benzene rings is 1. The van der Waals surface area contributed by atoms with E-state index >= 15 is 0 Å². The highest BCUT2D eigenvalue weighted by Gasteiger charge is 2.22. The van der Waals surface area contributed by atoms with E-state index in [0.717, 1.165) is 12.1 Å². The number of ether oxygens (including phenoxy) is 2. The van der Waals surface area contributed by atoms with E-state index in [-0.39, 0.29) is 19.1 Å². The van der Waals surface area contributed by atoms with Crippen molar-refractivity contribution < 1.29 is 29.0 Å². The third-order valence-corrected chi connectivity index (χ3v) is 3.54. The maximum absolute atomic E-state index is 11.8. The van der Waals surface area contributed by atoms with Crippen LogP contribution in [0.15, 0.2) is 24.3 Å². The van der Waals surface area contributed by atoms with Gasteiger partial charge in [0, 0.05) is 31.8 Å². The predicted molar refractivity (Wildman–Crippen MR) is 85.0 cm³/mol. The van der Waals surface area contributed by atoms with Gasteiger partial charge in [-0.15, -0.1) is 0 Å². The predicted octanol–water partition coefficient (Wildman–Crippen LogP) is 0.408. The summed E-state index contributed by atoms with van der Waals surface area (Å²) in [5.41, 5.74) is 0.721. The second-order valence-electron chi connectivity index (χ2n) is 5.35. The Labute approximate surface area is 139 Å². The van der Waals surface area contributed by atoms with Crippen LogP contribution in [0.5, 0.6) is 5.75 Å². The normalized spacial score (nSPS) is 15.2. The fourth-order valence-corrected chi connectivity index (χ4v) is 2.39. The van der Waals surface area contributed by atoms with Gasteiger partial charge in [0.1, 0.15) is 5.75 Å². The summed E-state index contributed by atoms with van der Waals surface area (Å²) in [6.07, 6.45) is 1.35. The van der Waals surface area contributed by atoms with E-state index in [9.17, 15) is 14.4 Å². The highest BCUT2D eigenvalue weighted by Crippen LogP contribution is 2.25. The highest BCUT2D eigenvalue weighted by atomic mass is 16.5. The molecule has 24 heavy (non-hydrogen) atoms. The number of anilines is 1. The van der Waals surface area contributed by atoms with Crippen molar-refractivity contribution in [1.82, 2.24) is 5.32 Å². The van der Waals surface area contributed by atoms with Crippen LogP contribution in [0.1, 0.15) is 12.8 Å². The fourth-order valence-electron chi connectivity index (χ4n) is 2.39. The SMILES string of the molecule is COCC(NC(=O)COc1cccc(N2CCCC2=O)c1)C(=O)O. The van der Waals surface area contributed by atoms with Gasteiger partial charge in [0.25, 0.3) is 5.91 Å². The largest absolute Gasteiger partial charge is 0.484 e.